The third-order valence-electron chi connectivity index (χ3n) is 4.07. The first-order valence-electron chi connectivity index (χ1n) is 6.95. The highest BCUT2D eigenvalue weighted by atomic mass is 35.5. The molecule has 0 saturated carbocycles. The van der Waals surface area contributed by atoms with E-state index in [1.807, 2.05) is 6.92 Å². The molecule has 2 rings (SSSR count). The zero-order valence-electron chi connectivity index (χ0n) is 12.1. The molecule has 1 aliphatic heterocycles. The molecule has 2 N–H and O–H groups in total. The molecule has 21 heavy (non-hydrogen) atoms. The topological polar surface area (TPSA) is 63.4 Å². The Balaban J connectivity index is 2.26. The lowest BCUT2D eigenvalue weighted by Gasteiger charge is -2.33. The fourth-order valence-corrected chi connectivity index (χ4v) is 4.65. The van der Waals surface area contributed by atoms with Crippen molar-refractivity contribution < 1.29 is 12.8 Å². The van der Waals surface area contributed by atoms with Gasteiger partial charge in [0.25, 0.3) is 0 Å². The molecule has 0 aliphatic carbocycles. The highest BCUT2D eigenvalue weighted by molar-refractivity contribution is 7.89. The fraction of sp³-hybridized carbons (Fsp3) is 0.571. The Kier molecular flexibility index (Phi) is 4.92. The molecule has 1 heterocycles. The van der Waals surface area contributed by atoms with E-state index in [1.54, 1.807) is 0 Å². The van der Waals surface area contributed by atoms with E-state index >= 15 is 0 Å². The molecule has 1 aromatic rings. The Morgan fingerprint density at radius 1 is 1.38 bits per heavy atom. The van der Waals surface area contributed by atoms with Crippen LogP contribution in [0.5, 0.6) is 0 Å². The van der Waals surface area contributed by atoms with Crippen LogP contribution in [0.2, 0.25) is 5.02 Å². The van der Waals surface area contributed by atoms with Crippen molar-refractivity contribution in [2.45, 2.75) is 37.6 Å². The first-order valence-corrected chi connectivity index (χ1v) is 8.76. The molecule has 1 fully saturated rings. The van der Waals surface area contributed by atoms with Gasteiger partial charge in [-0.2, -0.15) is 4.31 Å². The van der Waals surface area contributed by atoms with Gasteiger partial charge in [-0.1, -0.05) is 11.6 Å². The number of nitrogens with two attached hydrogens (primary N) is 1. The molecular formula is C14H20ClFN2O2S. The van der Waals surface area contributed by atoms with Crippen LogP contribution in [0.25, 0.3) is 0 Å². The average molecular weight is 335 g/mol. The molecule has 1 aliphatic rings. The van der Waals surface area contributed by atoms with Crippen LogP contribution in [-0.4, -0.2) is 31.9 Å². The van der Waals surface area contributed by atoms with E-state index in [0.29, 0.717) is 19.0 Å². The van der Waals surface area contributed by atoms with E-state index in [1.165, 1.54) is 17.3 Å². The van der Waals surface area contributed by atoms with Gasteiger partial charge in [-0.15, -0.1) is 0 Å². The molecule has 1 atom stereocenters. The van der Waals surface area contributed by atoms with Crippen LogP contribution in [-0.2, 0) is 10.0 Å². The van der Waals surface area contributed by atoms with Crippen LogP contribution in [0, 0.1) is 18.7 Å². The van der Waals surface area contributed by atoms with Crippen molar-refractivity contribution in [3.8, 4) is 0 Å². The van der Waals surface area contributed by atoms with Gasteiger partial charge in [0.1, 0.15) is 10.7 Å². The third kappa shape index (κ3) is 3.39. The second-order valence-corrected chi connectivity index (χ2v) is 7.95. The van der Waals surface area contributed by atoms with Gasteiger partial charge in [0.2, 0.25) is 10.0 Å². The molecule has 0 bridgehead atoms. The molecule has 0 amide bonds. The van der Waals surface area contributed by atoms with Crippen LogP contribution in [0.15, 0.2) is 17.0 Å². The number of rotatable bonds is 3. The molecule has 0 spiro atoms. The molecule has 118 valence electrons. The first kappa shape index (κ1) is 16.7. The number of sulfonamides is 1. The summed E-state index contributed by atoms with van der Waals surface area (Å²) in [6, 6.07) is 2.41. The zero-order chi connectivity index (χ0) is 15.8. The standard InChI is InChI=1S/C14H20ClFN2O2S/c1-9-7-14(12(15)8-13(9)16)21(19,20)18-5-3-11(4-6-18)10(2)17/h7-8,10-11H,3-6,17H2,1-2H3. The maximum absolute atomic E-state index is 13.4. The Labute approximate surface area is 130 Å². The molecule has 1 aromatic carbocycles. The van der Waals surface area contributed by atoms with Crippen molar-refractivity contribution in [1.29, 1.82) is 0 Å². The molecular weight excluding hydrogens is 315 g/mol. The minimum Gasteiger partial charge on any atom is -0.328 e. The van der Waals surface area contributed by atoms with Crippen molar-refractivity contribution in [2.24, 2.45) is 11.7 Å². The number of hydrogen-bond donors (Lipinski definition) is 1. The lowest BCUT2D eigenvalue weighted by atomic mass is 9.92. The second-order valence-electron chi connectivity index (χ2n) is 5.63. The quantitative estimate of drug-likeness (QED) is 0.924. The number of benzene rings is 1. The van der Waals surface area contributed by atoms with Crippen molar-refractivity contribution in [3.05, 3.63) is 28.5 Å². The van der Waals surface area contributed by atoms with E-state index in [9.17, 15) is 12.8 Å². The van der Waals surface area contributed by atoms with Gasteiger partial charge in [-0.05, 0) is 50.3 Å². The van der Waals surface area contributed by atoms with Gasteiger partial charge < -0.3 is 5.73 Å². The van der Waals surface area contributed by atoms with E-state index < -0.39 is 15.8 Å². The van der Waals surface area contributed by atoms with Gasteiger partial charge in [0.15, 0.2) is 0 Å². The third-order valence-corrected chi connectivity index (χ3v) is 6.44. The van der Waals surface area contributed by atoms with Crippen molar-refractivity contribution >= 4 is 21.6 Å². The first-order chi connectivity index (χ1) is 9.73. The number of hydrogen-bond acceptors (Lipinski definition) is 3. The summed E-state index contributed by atoms with van der Waals surface area (Å²) >= 11 is 5.92. The SMILES string of the molecule is Cc1cc(S(=O)(=O)N2CCC(C(C)N)CC2)c(Cl)cc1F. The molecule has 0 aromatic heterocycles. The lowest BCUT2D eigenvalue weighted by molar-refractivity contribution is 0.250. The minimum absolute atomic E-state index is 0.0256. The summed E-state index contributed by atoms with van der Waals surface area (Å²) in [5.41, 5.74) is 6.13. The van der Waals surface area contributed by atoms with Gasteiger partial charge in [-0.25, -0.2) is 12.8 Å². The summed E-state index contributed by atoms with van der Waals surface area (Å²) < 4.78 is 40.1. The second kappa shape index (κ2) is 6.20. The van der Waals surface area contributed by atoms with Crippen LogP contribution in [0.3, 0.4) is 0 Å². The maximum atomic E-state index is 13.4. The Hall–Kier alpha value is -0.690. The van der Waals surface area contributed by atoms with E-state index in [2.05, 4.69) is 0 Å². The van der Waals surface area contributed by atoms with E-state index in [4.69, 9.17) is 17.3 Å². The Morgan fingerprint density at radius 2 is 1.95 bits per heavy atom. The molecule has 7 heteroatoms. The van der Waals surface area contributed by atoms with Crippen LogP contribution in [0.1, 0.15) is 25.3 Å². The number of piperidine rings is 1. The summed E-state index contributed by atoms with van der Waals surface area (Å²) in [4.78, 5) is -0.0256. The minimum atomic E-state index is -3.69. The van der Waals surface area contributed by atoms with Crippen LogP contribution >= 0.6 is 11.6 Å². The summed E-state index contributed by atoms with van der Waals surface area (Å²) in [6.45, 7) is 4.30. The number of halogens is 2. The highest BCUT2D eigenvalue weighted by Crippen LogP contribution is 2.30. The lowest BCUT2D eigenvalue weighted by Crippen LogP contribution is -2.42. The Bertz CT molecular complexity index is 626. The predicted octanol–water partition coefficient (Wildman–Crippen LogP) is 2.54. The molecule has 4 nitrogen and oxygen atoms in total. The zero-order valence-corrected chi connectivity index (χ0v) is 13.7. The monoisotopic (exact) mass is 334 g/mol. The van der Waals surface area contributed by atoms with Gasteiger partial charge in [0.05, 0.1) is 5.02 Å². The molecule has 1 unspecified atom stereocenters. The fourth-order valence-electron chi connectivity index (χ4n) is 2.61. The van der Waals surface area contributed by atoms with E-state index in [-0.39, 0.29) is 21.5 Å². The van der Waals surface area contributed by atoms with Crippen LogP contribution in [0.4, 0.5) is 4.39 Å². The normalized spacial score (nSPS) is 19.7. The average Bonchev–Trinajstić information content (AvgIpc) is 2.42. The summed E-state index contributed by atoms with van der Waals surface area (Å²) in [7, 11) is -3.69. The number of nitrogens with zero attached hydrogens (tertiary/aromatic N) is 1. The highest BCUT2D eigenvalue weighted by Gasteiger charge is 2.32. The molecule has 0 radical (unpaired) electrons. The summed E-state index contributed by atoms with van der Waals surface area (Å²) in [5, 5.41) is -0.0765. The van der Waals surface area contributed by atoms with Gasteiger partial charge >= 0.3 is 0 Å². The summed E-state index contributed by atoms with van der Waals surface area (Å²) in [5.74, 6) is -0.170. The van der Waals surface area contributed by atoms with E-state index in [0.717, 1.165) is 18.9 Å². The van der Waals surface area contributed by atoms with Crippen molar-refractivity contribution in [3.63, 3.8) is 0 Å². The van der Waals surface area contributed by atoms with Gasteiger partial charge in [-0.3, -0.25) is 0 Å². The largest absolute Gasteiger partial charge is 0.328 e. The van der Waals surface area contributed by atoms with Gasteiger partial charge in [0, 0.05) is 19.1 Å². The summed E-state index contributed by atoms with van der Waals surface area (Å²) in [6.07, 6.45) is 1.46. The Morgan fingerprint density at radius 3 is 2.48 bits per heavy atom. The van der Waals surface area contributed by atoms with Crippen molar-refractivity contribution in [1.82, 2.24) is 4.31 Å². The number of aryl methyl sites for hydroxylation is 1. The van der Waals surface area contributed by atoms with Crippen LogP contribution < -0.4 is 5.73 Å². The predicted molar refractivity (Wildman–Crippen MR) is 81.3 cm³/mol. The molecule has 1 saturated heterocycles. The smallest absolute Gasteiger partial charge is 0.244 e. The maximum Gasteiger partial charge on any atom is 0.244 e. The van der Waals surface area contributed by atoms with Crippen molar-refractivity contribution in [2.75, 3.05) is 13.1 Å².